The summed E-state index contributed by atoms with van der Waals surface area (Å²) < 4.78 is 16.4. The van der Waals surface area contributed by atoms with Crippen molar-refractivity contribution in [3.05, 3.63) is 58.6 Å². The van der Waals surface area contributed by atoms with Gasteiger partial charge >= 0.3 is 5.97 Å². The van der Waals surface area contributed by atoms with Crippen molar-refractivity contribution >= 4 is 23.5 Å². The number of esters is 1. The second-order valence-electron chi connectivity index (χ2n) is 7.53. The van der Waals surface area contributed by atoms with Crippen LogP contribution < -0.4 is 14.8 Å². The zero-order valence-electron chi connectivity index (χ0n) is 17.2. The summed E-state index contributed by atoms with van der Waals surface area (Å²) in [5.41, 5.74) is 0.669. The van der Waals surface area contributed by atoms with Crippen LogP contribution in [0.3, 0.4) is 0 Å². The van der Waals surface area contributed by atoms with Crippen molar-refractivity contribution in [1.29, 1.82) is 0 Å². The number of hydrogen-bond donors (Lipinski definition) is 1. The molecule has 0 aliphatic heterocycles. The van der Waals surface area contributed by atoms with Crippen LogP contribution >= 0.6 is 11.6 Å². The van der Waals surface area contributed by atoms with E-state index in [-0.39, 0.29) is 18.1 Å². The maximum atomic E-state index is 12.4. The molecule has 0 saturated carbocycles. The normalized spacial score (nSPS) is 12.1. The topological polar surface area (TPSA) is 73.9 Å². The molecule has 0 aliphatic rings. The fourth-order valence-electron chi connectivity index (χ4n) is 2.44. The average Bonchev–Trinajstić information content (AvgIpc) is 2.65. The molecule has 7 heteroatoms. The fourth-order valence-corrected chi connectivity index (χ4v) is 2.63. The first-order chi connectivity index (χ1) is 13.6. The zero-order valence-corrected chi connectivity index (χ0v) is 18.0. The van der Waals surface area contributed by atoms with E-state index >= 15 is 0 Å². The predicted molar refractivity (Wildman–Crippen MR) is 112 cm³/mol. The van der Waals surface area contributed by atoms with Crippen molar-refractivity contribution in [3.8, 4) is 11.5 Å². The van der Waals surface area contributed by atoms with E-state index in [0.717, 1.165) is 5.56 Å². The first-order valence-electron chi connectivity index (χ1n) is 9.18. The third-order valence-corrected chi connectivity index (χ3v) is 4.26. The molecule has 0 saturated heterocycles. The second-order valence-corrected chi connectivity index (χ2v) is 7.94. The summed E-state index contributed by atoms with van der Waals surface area (Å²) in [5, 5.41) is 3.38. The highest BCUT2D eigenvalue weighted by atomic mass is 35.5. The van der Waals surface area contributed by atoms with E-state index in [0.29, 0.717) is 16.5 Å². The molecule has 0 bridgehead atoms. The molecule has 0 spiro atoms. The molecule has 0 fully saturated rings. The smallest absolute Gasteiger partial charge is 0.339 e. The Morgan fingerprint density at radius 2 is 1.79 bits per heavy atom. The Labute approximate surface area is 176 Å². The predicted octanol–water partition coefficient (Wildman–Crippen LogP) is 4.39. The number of carbonyl (C=O) groups excluding carboxylic acids is 2. The molecule has 0 aromatic heterocycles. The lowest BCUT2D eigenvalue weighted by molar-refractivity contribution is -0.130. The molecule has 6 nitrogen and oxygen atoms in total. The molecule has 1 unspecified atom stereocenters. The van der Waals surface area contributed by atoms with Crippen LogP contribution in [0.2, 0.25) is 5.02 Å². The van der Waals surface area contributed by atoms with E-state index in [9.17, 15) is 9.59 Å². The van der Waals surface area contributed by atoms with Gasteiger partial charge in [-0.15, -0.1) is 0 Å². The van der Waals surface area contributed by atoms with Crippen molar-refractivity contribution in [2.24, 2.45) is 0 Å². The maximum absolute atomic E-state index is 12.4. The minimum absolute atomic E-state index is 0.252. The highest BCUT2D eigenvalue weighted by Crippen LogP contribution is 2.30. The second kappa shape index (κ2) is 9.65. The molecule has 0 aliphatic carbocycles. The van der Waals surface area contributed by atoms with Gasteiger partial charge in [0, 0.05) is 16.1 Å². The van der Waals surface area contributed by atoms with E-state index in [2.05, 4.69) is 5.32 Å². The van der Waals surface area contributed by atoms with Gasteiger partial charge in [0.1, 0.15) is 6.61 Å². The molecule has 1 atom stereocenters. The lowest BCUT2D eigenvalue weighted by atomic mass is 10.1. The van der Waals surface area contributed by atoms with Crippen LogP contribution in [0.25, 0.3) is 0 Å². The van der Waals surface area contributed by atoms with Crippen LogP contribution in [0.4, 0.5) is 0 Å². The Morgan fingerprint density at radius 3 is 2.41 bits per heavy atom. The van der Waals surface area contributed by atoms with E-state index in [1.807, 2.05) is 39.0 Å². The molecule has 2 aromatic carbocycles. The third-order valence-electron chi connectivity index (χ3n) is 3.89. The Hall–Kier alpha value is -2.73. The van der Waals surface area contributed by atoms with Gasteiger partial charge in [0.15, 0.2) is 17.6 Å². The number of methoxy groups -OCH3 is 1. The van der Waals surface area contributed by atoms with Crippen LogP contribution in [0.1, 0.15) is 43.6 Å². The molecule has 1 N–H and O–H groups in total. The first kappa shape index (κ1) is 22.6. The van der Waals surface area contributed by atoms with Gasteiger partial charge < -0.3 is 19.5 Å². The number of amides is 1. The molecule has 2 rings (SSSR count). The summed E-state index contributed by atoms with van der Waals surface area (Å²) in [5.74, 6) is -0.157. The number of ether oxygens (including phenoxy) is 3. The van der Waals surface area contributed by atoms with Crippen LogP contribution in [-0.4, -0.2) is 30.6 Å². The van der Waals surface area contributed by atoms with Crippen molar-refractivity contribution in [1.82, 2.24) is 5.32 Å². The quantitative estimate of drug-likeness (QED) is 0.674. The van der Waals surface area contributed by atoms with Crippen LogP contribution in [0, 0.1) is 0 Å². The molecular weight excluding hydrogens is 394 g/mol. The fraction of sp³-hybridized carbons (Fsp3) is 0.364. The molecule has 2 aromatic rings. The van der Waals surface area contributed by atoms with Crippen molar-refractivity contribution in [3.63, 3.8) is 0 Å². The summed E-state index contributed by atoms with van der Waals surface area (Å²) in [6.45, 7) is 7.34. The number of rotatable bonds is 7. The van der Waals surface area contributed by atoms with Gasteiger partial charge in [-0.2, -0.15) is 0 Å². The number of carbonyl (C=O) groups is 2. The molecule has 0 radical (unpaired) electrons. The van der Waals surface area contributed by atoms with Gasteiger partial charge in [0.2, 0.25) is 0 Å². The first-order valence-corrected chi connectivity index (χ1v) is 9.56. The highest BCUT2D eigenvalue weighted by molar-refractivity contribution is 6.31. The number of benzene rings is 2. The van der Waals surface area contributed by atoms with Gasteiger partial charge in [-0.3, -0.25) is 4.79 Å². The zero-order chi connectivity index (χ0) is 21.6. The SMILES string of the molecule is COc1cc(C(=O)OC(C)C(=O)NC(C)(C)C)ccc1OCc1ccccc1Cl. The van der Waals surface area contributed by atoms with Gasteiger partial charge in [0.05, 0.1) is 12.7 Å². The van der Waals surface area contributed by atoms with Crippen molar-refractivity contribution in [2.75, 3.05) is 7.11 Å². The Balaban J connectivity index is 2.06. The van der Waals surface area contributed by atoms with Gasteiger partial charge in [-0.25, -0.2) is 4.79 Å². The largest absolute Gasteiger partial charge is 0.493 e. The van der Waals surface area contributed by atoms with Crippen molar-refractivity contribution in [2.45, 2.75) is 45.9 Å². The Kier molecular flexibility index (Phi) is 7.51. The Morgan fingerprint density at radius 1 is 1.10 bits per heavy atom. The summed E-state index contributed by atoms with van der Waals surface area (Å²) in [6.07, 6.45) is -0.927. The van der Waals surface area contributed by atoms with E-state index in [4.69, 9.17) is 25.8 Å². The molecule has 29 heavy (non-hydrogen) atoms. The Bertz CT molecular complexity index is 876. The molecule has 0 heterocycles. The van der Waals surface area contributed by atoms with Gasteiger partial charge in [0.25, 0.3) is 5.91 Å². The summed E-state index contributed by atoms with van der Waals surface area (Å²) in [7, 11) is 1.48. The van der Waals surface area contributed by atoms with Crippen LogP contribution in [0.15, 0.2) is 42.5 Å². The van der Waals surface area contributed by atoms with Crippen molar-refractivity contribution < 1.29 is 23.8 Å². The molecule has 156 valence electrons. The lowest BCUT2D eigenvalue weighted by Gasteiger charge is -2.23. The van der Waals surface area contributed by atoms with Gasteiger partial charge in [-0.1, -0.05) is 29.8 Å². The van der Waals surface area contributed by atoms with Crippen LogP contribution in [0.5, 0.6) is 11.5 Å². The van der Waals surface area contributed by atoms with E-state index in [1.165, 1.54) is 20.1 Å². The average molecular weight is 420 g/mol. The van der Waals surface area contributed by atoms with Gasteiger partial charge in [-0.05, 0) is 52.0 Å². The van der Waals surface area contributed by atoms with Crippen LogP contribution in [-0.2, 0) is 16.1 Å². The third kappa shape index (κ3) is 6.68. The summed E-state index contributed by atoms with van der Waals surface area (Å²) in [6, 6.07) is 12.1. The monoisotopic (exact) mass is 419 g/mol. The lowest BCUT2D eigenvalue weighted by Crippen LogP contribution is -2.46. The number of hydrogen-bond acceptors (Lipinski definition) is 5. The minimum atomic E-state index is -0.927. The molecule has 1 amide bonds. The van der Waals surface area contributed by atoms with E-state index in [1.54, 1.807) is 18.2 Å². The highest BCUT2D eigenvalue weighted by Gasteiger charge is 2.23. The molecular formula is C22H26ClNO5. The summed E-state index contributed by atoms with van der Waals surface area (Å²) >= 11 is 6.14. The maximum Gasteiger partial charge on any atom is 0.339 e. The van der Waals surface area contributed by atoms with E-state index < -0.39 is 17.6 Å². The standard InChI is InChI=1S/C22H26ClNO5/c1-14(20(25)24-22(2,3)4)29-21(26)15-10-11-18(19(12-15)27-5)28-13-16-8-6-7-9-17(16)23/h6-12,14H,13H2,1-5H3,(H,24,25). The summed E-state index contributed by atoms with van der Waals surface area (Å²) in [4.78, 5) is 24.5. The number of nitrogens with one attached hydrogen (secondary N) is 1. The number of halogens is 1. The minimum Gasteiger partial charge on any atom is -0.493 e.